The summed E-state index contributed by atoms with van der Waals surface area (Å²) in [5.74, 6) is 0.908. The Balaban J connectivity index is 1.45. The summed E-state index contributed by atoms with van der Waals surface area (Å²) < 4.78 is 2.94. The van der Waals surface area contributed by atoms with Crippen molar-refractivity contribution in [2.45, 2.75) is 31.2 Å². The quantitative estimate of drug-likeness (QED) is 0.633. The summed E-state index contributed by atoms with van der Waals surface area (Å²) in [5.41, 5.74) is 2.21. The van der Waals surface area contributed by atoms with Crippen LogP contribution in [0.1, 0.15) is 24.4 Å². The van der Waals surface area contributed by atoms with Gasteiger partial charge in [0, 0.05) is 18.8 Å². The molecule has 0 bridgehead atoms. The Bertz CT molecular complexity index is 691. The maximum atomic E-state index is 12.1. The summed E-state index contributed by atoms with van der Waals surface area (Å²) in [6.45, 7) is 8.21. The average Bonchev–Trinajstić information content (AvgIpc) is 3.00. The third-order valence-electron chi connectivity index (χ3n) is 3.62. The Kier molecular flexibility index (Phi) is 4.98. The van der Waals surface area contributed by atoms with E-state index in [4.69, 9.17) is 0 Å². The summed E-state index contributed by atoms with van der Waals surface area (Å²) in [4.78, 5) is 14.2. The molecule has 0 spiro atoms. The molecule has 124 valence electrons. The van der Waals surface area contributed by atoms with Gasteiger partial charge in [-0.05, 0) is 25.7 Å². The lowest BCUT2D eigenvalue weighted by molar-refractivity contribution is -0.118. The molecule has 0 atom stereocenters. The Hall–Kier alpha value is -1.45. The first-order chi connectivity index (χ1) is 11.0. The molecule has 1 saturated heterocycles. The number of amides is 1. The number of carbonyl (C=O) groups is 1. The number of anilines is 1. The summed E-state index contributed by atoms with van der Waals surface area (Å²) in [6.07, 6.45) is 0. The number of rotatable bonds is 6. The molecule has 0 aromatic carbocycles. The van der Waals surface area contributed by atoms with Gasteiger partial charge in [0.2, 0.25) is 11.0 Å². The van der Waals surface area contributed by atoms with Gasteiger partial charge in [0.15, 0.2) is 4.34 Å². The minimum Gasteiger partial charge on any atom is -0.299 e. The molecule has 0 radical (unpaired) electrons. The normalized spacial score (nSPS) is 15.6. The number of thioether (sulfide) groups is 1. The van der Waals surface area contributed by atoms with Crippen LogP contribution in [0.3, 0.4) is 0 Å². The van der Waals surface area contributed by atoms with Gasteiger partial charge in [0.25, 0.3) is 0 Å². The van der Waals surface area contributed by atoms with Gasteiger partial charge in [-0.3, -0.25) is 19.7 Å². The van der Waals surface area contributed by atoms with E-state index in [1.165, 1.54) is 17.0 Å². The first kappa shape index (κ1) is 16.4. The molecule has 23 heavy (non-hydrogen) atoms. The molecule has 0 unspecified atom stereocenters. The molecule has 0 aliphatic carbocycles. The van der Waals surface area contributed by atoms with Crippen molar-refractivity contribution in [1.82, 2.24) is 24.9 Å². The number of hydrogen-bond acceptors (Lipinski definition) is 7. The van der Waals surface area contributed by atoms with E-state index >= 15 is 0 Å². The van der Waals surface area contributed by atoms with Crippen molar-refractivity contribution in [3.8, 4) is 0 Å². The van der Waals surface area contributed by atoms with Crippen molar-refractivity contribution in [2.75, 3.05) is 30.7 Å². The highest BCUT2D eigenvalue weighted by Crippen LogP contribution is 2.25. The van der Waals surface area contributed by atoms with Crippen LogP contribution in [-0.4, -0.2) is 56.2 Å². The number of aryl methyl sites for hydroxylation is 2. The second-order valence-corrected chi connectivity index (χ2v) is 8.06. The van der Waals surface area contributed by atoms with Gasteiger partial charge in [-0.2, -0.15) is 5.10 Å². The lowest BCUT2D eigenvalue weighted by Crippen LogP contribution is -2.51. The minimum atomic E-state index is -0.0407. The Morgan fingerprint density at radius 3 is 2.87 bits per heavy atom. The molecule has 9 heteroatoms. The van der Waals surface area contributed by atoms with Crippen LogP contribution in [0.2, 0.25) is 0 Å². The van der Waals surface area contributed by atoms with Gasteiger partial charge in [0.05, 0.1) is 18.3 Å². The van der Waals surface area contributed by atoms with Crippen molar-refractivity contribution in [3.63, 3.8) is 0 Å². The largest absolute Gasteiger partial charge is 0.299 e. The van der Waals surface area contributed by atoms with E-state index in [9.17, 15) is 4.79 Å². The van der Waals surface area contributed by atoms with Crippen LogP contribution in [0.5, 0.6) is 0 Å². The second kappa shape index (κ2) is 6.98. The summed E-state index contributed by atoms with van der Waals surface area (Å²) >= 11 is 3.04. The predicted molar refractivity (Wildman–Crippen MR) is 92.1 cm³/mol. The zero-order chi connectivity index (χ0) is 16.4. The molecule has 2 aromatic heterocycles. The first-order valence-corrected chi connectivity index (χ1v) is 9.36. The molecular formula is C14H20N6OS2. The maximum Gasteiger partial charge on any atom is 0.240 e. The van der Waals surface area contributed by atoms with Crippen LogP contribution in [0.4, 0.5) is 5.13 Å². The molecule has 3 heterocycles. The lowest BCUT2D eigenvalue weighted by atomic mass is 10.1. The fourth-order valence-electron chi connectivity index (χ4n) is 2.65. The highest BCUT2D eigenvalue weighted by atomic mass is 32.2. The number of nitrogens with one attached hydrogen (secondary N) is 1. The van der Waals surface area contributed by atoms with E-state index in [-0.39, 0.29) is 5.91 Å². The molecular weight excluding hydrogens is 332 g/mol. The number of likely N-dealkylation sites (tertiary alicyclic amines) is 1. The van der Waals surface area contributed by atoms with E-state index in [0.29, 0.717) is 17.7 Å². The Morgan fingerprint density at radius 1 is 1.43 bits per heavy atom. The third-order valence-corrected chi connectivity index (χ3v) is 5.47. The fourth-order valence-corrected chi connectivity index (χ4v) is 4.31. The number of nitrogens with zero attached hydrogens (tertiary/aromatic N) is 5. The van der Waals surface area contributed by atoms with Crippen molar-refractivity contribution >= 4 is 34.1 Å². The van der Waals surface area contributed by atoms with Crippen molar-refractivity contribution < 1.29 is 4.79 Å². The van der Waals surface area contributed by atoms with Crippen LogP contribution < -0.4 is 5.32 Å². The molecule has 1 aliphatic rings. The molecule has 3 rings (SSSR count). The number of carbonyl (C=O) groups excluding carboxylic acids is 1. The van der Waals surface area contributed by atoms with E-state index in [1.54, 1.807) is 11.8 Å². The number of aromatic nitrogens is 4. The summed E-state index contributed by atoms with van der Waals surface area (Å²) in [5, 5.41) is 15.9. The molecule has 1 amide bonds. The summed E-state index contributed by atoms with van der Waals surface area (Å²) in [6, 6.07) is 2.45. The maximum absolute atomic E-state index is 12.1. The number of hydrogen-bond donors (Lipinski definition) is 1. The van der Waals surface area contributed by atoms with E-state index in [1.807, 2.05) is 6.92 Å². The Morgan fingerprint density at radius 2 is 2.22 bits per heavy atom. The van der Waals surface area contributed by atoms with Crippen LogP contribution in [0.15, 0.2) is 10.4 Å². The lowest BCUT2D eigenvalue weighted by Gasteiger charge is -2.39. The molecule has 1 N–H and O–H groups in total. The monoisotopic (exact) mass is 352 g/mol. The van der Waals surface area contributed by atoms with Crippen LogP contribution in [-0.2, 0) is 4.79 Å². The smallest absolute Gasteiger partial charge is 0.240 e. The zero-order valence-corrected chi connectivity index (χ0v) is 15.1. The fraction of sp³-hybridized carbons (Fsp3) is 0.571. The highest BCUT2D eigenvalue weighted by molar-refractivity contribution is 8.01. The molecule has 1 fully saturated rings. The van der Waals surface area contributed by atoms with Gasteiger partial charge in [0.1, 0.15) is 0 Å². The average molecular weight is 352 g/mol. The van der Waals surface area contributed by atoms with Crippen molar-refractivity contribution in [2.24, 2.45) is 0 Å². The SMILES string of the molecule is CCSc1nnc(NC(=O)CN2CC(n3nc(C)cc3C)C2)s1. The Labute approximate surface area is 143 Å². The van der Waals surface area contributed by atoms with Gasteiger partial charge in [-0.25, -0.2) is 0 Å². The first-order valence-electron chi connectivity index (χ1n) is 7.56. The standard InChI is InChI=1S/C14H20N6OS2/c1-4-22-14-17-16-13(23-14)15-12(21)8-19-6-11(7-19)20-10(3)5-9(2)18-20/h5,11H,4,6-8H2,1-3H3,(H,15,16,21). The van der Waals surface area contributed by atoms with E-state index < -0.39 is 0 Å². The molecule has 7 nitrogen and oxygen atoms in total. The summed E-state index contributed by atoms with van der Waals surface area (Å²) in [7, 11) is 0. The highest BCUT2D eigenvalue weighted by Gasteiger charge is 2.31. The minimum absolute atomic E-state index is 0.0407. The van der Waals surface area contributed by atoms with Gasteiger partial charge >= 0.3 is 0 Å². The van der Waals surface area contributed by atoms with Crippen molar-refractivity contribution in [1.29, 1.82) is 0 Å². The van der Waals surface area contributed by atoms with E-state index in [0.717, 1.165) is 28.9 Å². The van der Waals surface area contributed by atoms with Gasteiger partial charge in [-0.15, -0.1) is 10.2 Å². The van der Waals surface area contributed by atoms with Gasteiger partial charge in [-0.1, -0.05) is 30.0 Å². The molecule has 0 saturated carbocycles. The topological polar surface area (TPSA) is 75.9 Å². The van der Waals surface area contributed by atoms with Crippen LogP contribution in [0, 0.1) is 13.8 Å². The molecule has 2 aromatic rings. The predicted octanol–water partition coefficient (Wildman–Crippen LogP) is 1.96. The van der Waals surface area contributed by atoms with Crippen LogP contribution in [0.25, 0.3) is 0 Å². The van der Waals surface area contributed by atoms with Crippen molar-refractivity contribution in [3.05, 3.63) is 17.5 Å². The molecule has 1 aliphatic heterocycles. The second-order valence-electron chi connectivity index (χ2n) is 5.57. The van der Waals surface area contributed by atoms with E-state index in [2.05, 4.69) is 50.1 Å². The zero-order valence-electron chi connectivity index (χ0n) is 13.4. The van der Waals surface area contributed by atoms with Gasteiger partial charge < -0.3 is 0 Å². The third kappa shape index (κ3) is 3.91. The van der Waals surface area contributed by atoms with Crippen LogP contribution >= 0.6 is 23.1 Å².